The number of urea groups is 1. The number of rotatable bonds is 5. The van der Waals surface area contributed by atoms with E-state index in [-0.39, 0.29) is 19.1 Å². The van der Waals surface area contributed by atoms with Crippen LogP contribution in [0.1, 0.15) is 12.5 Å². The van der Waals surface area contributed by atoms with Crippen LogP contribution in [0.3, 0.4) is 0 Å². The van der Waals surface area contributed by atoms with Gasteiger partial charge >= 0.3 is 6.03 Å². The Morgan fingerprint density at radius 2 is 1.75 bits per heavy atom. The minimum absolute atomic E-state index is 0.198. The molecule has 1 N–H and O–H groups in total. The van der Waals surface area contributed by atoms with E-state index in [4.69, 9.17) is 4.74 Å². The van der Waals surface area contributed by atoms with Crippen LogP contribution in [-0.4, -0.2) is 30.0 Å². The SMILES string of the molecule is C[C@@]1(c2ccccc2)NC(=O)N(CCOc2ccc(Br)cc2)C1=O. The Hall–Kier alpha value is -2.34. The van der Waals surface area contributed by atoms with Crippen LogP contribution in [0.25, 0.3) is 0 Å². The molecule has 0 unspecified atom stereocenters. The third-order valence-electron chi connectivity index (χ3n) is 4.02. The fourth-order valence-electron chi connectivity index (χ4n) is 2.65. The van der Waals surface area contributed by atoms with Crippen molar-refractivity contribution >= 4 is 27.9 Å². The Morgan fingerprint density at radius 3 is 2.42 bits per heavy atom. The van der Waals surface area contributed by atoms with Gasteiger partial charge in [-0.05, 0) is 36.8 Å². The lowest BCUT2D eigenvalue weighted by molar-refractivity contribution is -0.131. The first-order valence-electron chi connectivity index (χ1n) is 7.59. The molecule has 6 heteroatoms. The van der Waals surface area contributed by atoms with E-state index in [1.54, 1.807) is 6.92 Å². The number of nitrogens with zero attached hydrogens (tertiary/aromatic N) is 1. The van der Waals surface area contributed by atoms with Crippen molar-refractivity contribution in [3.63, 3.8) is 0 Å². The molecule has 0 spiro atoms. The van der Waals surface area contributed by atoms with Crippen LogP contribution in [-0.2, 0) is 10.3 Å². The summed E-state index contributed by atoms with van der Waals surface area (Å²) in [6, 6.07) is 16.2. The van der Waals surface area contributed by atoms with E-state index in [9.17, 15) is 9.59 Å². The summed E-state index contributed by atoms with van der Waals surface area (Å²) in [6.07, 6.45) is 0. The minimum atomic E-state index is -1.03. The predicted octanol–water partition coefficient (Wildman–Crippen LogP) is 3.30. The summed E-state index contributed by atoms with van der Waals surface area (Å²) in [7, 11) is 0. The van der Waals surface area contributed by atoms with Gasteiger partial charge in [-0.1, -0.05) is 46.3 Å². The molecule has 1 aliphatic heterocycles. The maximum Gasteiger partial charge on any atom is 0.325 e. The van der Waals surface area contributed by atoms with Crippen molar-refractivity contribution in [1.29, 1.82) is 0 Å². The maximum absolute atomic E-state index is 12.7. The molecule has 0 aromatic heterocycles. The van der Waals surface area contributed by atoms with Crippen molar-refractivity contribution in [3.8, 4) is 5.75 Å². The molecule has 1 aliphatic rings. The number of imide groups is 1. The number of hydrogen-bond acceptors (Lipinski definition) is 3. The molecule has 1 atom stereocenters. The van der Waals surface area contributed by atoms with Crippen molar-refractivity contribution in [2.24, 2.45) is 0 Å². The van der Waals surface area contributed by atoms with Crippen molar-refractivity contribution in [2.45, 2.75) is 12.5 Å². The van der Waals surface area contributed by atoms with Gasteiger partial charge in [-0.25, -0.2) is 4.79 Å². The van der Waals surface area contributed by atoms with Crippen molar-refractivity contribution in [3.05, 3.63) is 64.6 Å². The van der Waals surface area contributed by atoms with Crippen LogP contribution in [0.2, 0.25) is 0 Å². The van der Waals surface area contributed by atoms with Gasteiger partial charge in [0.1, 0.15) is 17.9 Å². The van der Waals surface area contributed by atoms with Crippen molar-refractivity contribution in [2.75, 3.05) is 13.2 Å². The molecule has 2 aromatic rings. The topological polar surface area (TPSA) is 58.6 Å². The Balaban J connectivity index is 1.65. The number of hydrogen-bond donors (Lipinski definition) is 1. The molecule has 124 valence electrons. The number of nitrogens with one attached hydrogen (secondary N) is 1. The van der Waals surface area contributed by atoms with E-state index >= 15 is 0 Å². The van der Waals surface area contributed by atoms with E-state index in [1.165, 1.54) is 4.90 Å². The quantitative estimate of drug-likeness (QED) is 0.799. The lowest BCUT2D eigenvalue weighted by Crippen LogP contribution is -2.41. The van der Waals surface area contributed by atoms with Crippen LogP contribution < -0.4 is 10.1 Å². The zero-order valence-electron chi connectivity index (χ0n) is 13.2. The Morgan fingerprint density at radius 1 is 1.08 bits per heavy atom. The molecular formula is C18H17BrN2O3. The Kier molecular flexibility index (Phi) is 4.57. The van der Waals surface area contributed by atoms with Gasteiger partial charge in [0.05, 0.1) is 6.54 Å². The monoisotopic (exact) mass is 388 g/mol. The first kappa shape index (κ1) is 16.5. The van der Waals surface area contributed by atoms with Crippen LogP contribution >= 0.6 is 15.9 Å². The summed E-state index contributed by atoms with van der Waals surface area (Å²) in [5.74, 6) is 0.425. The van der Waals surface area contributed by atoms with Gasteiger partial charge in [0, 0.05) is 4.47 Å². The first-order valence-corrected chi connectivity index (χ1v) is 8.38. The van der Waals surface area contributed by atoms with Gasteiger partial charge in [-0.15, -0.1) is 0 Å². The van der Waals surface area contributed by atoms with E-state index in [0.717, 1.165) is 10.0 Å². The fraction of sp³-hybridized carbons (Fsp3) is 0.222. The van der Waals surface area contributed by atoms with E-state index in [2.05, 4.69) is 21.2 Å². The normalized spacial score (nSPS) is 20.2. The zero-order valence-corrected chi connectivity index (χ0v) is 14.7. The minimum Gasteiger partial charge on any atom is -0.492 e. The molecule has 0 saturated carbocycles. The number of amides is 3. The van der Waals surface area contributed by atoms with Crippen LogP contribution in [0, 0.1) is 0 Å². The largest absolute Gasteiger partial charge is 0.492 e. The molecule has 1 heterocycles. The summed E-state index contributed by atoms with van der Waals surface area (Å²) in [4.78, 5) is 26.1. The Labute approximate surface area is 148 Å². The molecule has 5 nitrogen and oxygen atoms in total. The molecule has 3 amide bonds. The number of ether oxygens (including phenoxy) is 1. The number of carbonyl (C=O) groups excluding carboxylic acids is 2. The van der Waals surface area contributed by atoms with Gasteiger partial charge in [-0.3, -0.25) is 9.69 Å². The van der Waals surface area contributed by atoms with Gasteiger partial charge in [0.2, 0.25) is 0 Å². The maximum atomic E-state index is 12.7. The lowest BCUT2D eigenvalue weighted by atomic mass is 9.92. The van der Waals surface area contributed by atoms with Crippen molar-refractivity contribution < 1.29 is 14.3 Å². The van der Waals surface area contributed by atoms with Crippen LogP contribution in [0.15, 0.2) is 59.1 Å². The van der Waals surface area contributed by atoms with Gasteiger partial charge in [0.25, 0.3) is 5.91 Å². The Bertz CT molecular complexity index is 749. The zero-order chi connectivity index (χ0) is 17.2. The molecule has 24 heavy (non-hydrogen) atoms. The standard InChI is InChI=1S/C18H17BrN2O3/c1-18(13-5-3-2-4-6-13)16(22)21(17(23)20-18)11-12-24-15-9-7-14(19)8-10-15/h2-10H,11-12H2,1H3,(H,20,23)/t18-/m0/s1. The van der Waals surface area contributed by atoms with Gasteiger partial charge in [0.15, 0.2) is 0 Å². The lowest BCUT2D eigenvalue weighted by Gasteiger charge is -2.22. The van der Waals surface area contributed by atoms with E-state index < -0.39 is 11.6 Å². The number of halogens is 1. The highest BCUT2D eigenvalue weighted by atomic mass is 79.9. The van der Waals surface area contributed by atoms with Gasteiger partial charge in [-0.2, -0.15) is 0 Å². The molecule has 1 fully saturated rings. The van der Waals surface area contributed by atoms with Crippen molar-refractivity contribution in [1.82, 2.24) is 10.2 Å². The van der Waals surface area contributed by atoms with Crippen LogP contribution in [0.5, 0.6) is 5.75 Å². The summed E-state index contributed by atoms with van der Waals surface area (Å²) in [5.41, 5.74) is -0.268. The highest BCUT2D eigenvalue weighted by Gasteiger charge is 2.48. The molecule has 2 aromatic carbocycles. The molecular weight excluding hydrogens is 372 g/mol. The second-order valence-electron chi connectivity index (χ2n) is 5.68. The fourth-order valence-corrected chi connectivity index (χ4v) is 2.92. The number of carbonyl (C=O) groups is 2. The molecule has 3 rings (SSSR count). The first-order chi connectivity index (χ1) is 11.5. The highest BCUT2D eigenvalue weighted by molar-refractivity contribution is 9.10. The number of benzene rings is 2. The summed E-state index contributed by atoms with van der Waals surface area (Å²) < 4.78 is 6.56. The second-order valence-corrected chi connectivity index (χ2v) is 6.60. The molecule has 0 radical (unpaired) electrons. The third-order valence-corrected chi connectivity index (χ3v) is 4.55. The van der Waals surface area contributed by atoms with Gasteiger partial charge < -0.3 is 10.1 Å². The van der Waals surface area contributed by atoms with E-state index in [1.807, 2.05) is 54.6 Å². The third kappa shape index (κ3) is 3.14. The summed E-state index contributed by atoms with van der Waals surface area (Å²) in [5, 5.41) is 2.78. The molecule has 0 bridgehead atoms. The molecule has 1 saturated heterocycles. The average Bonchev–Trinajstić information content (AvgIpc) is 2.81. The summed E-state index contributed by atoms with van der Waals surface area (Å²) >= 11 is 3.36. The predicted molar refractivity (Wildman–Crippen MR) is 93.7 cm³/mol. The smallest absolute Gasteiger partial charge is 0.325 e. The summed E-state index contributed by atoms with van der Waals surface area (Å²) in [6.45, 7) is 2.16. The molecule has 0 aliphatic carbocycles. The van der Waals surface area contributed by atoms with Crippen LogP contribution in [0.4, 0.5) is 4.79 Å². The van der Waals surface area contributed by atoms with E-state index in [0.29, 0.717) is 5.75 Å². The second kappa shape index (κ2) is 6.65. The average molecular weight is 389 g/mol. The highest BCUT2D eigenvalue weighted by Crippen LogP contribution is 2.28.